The molecule has 1 aliphatic rings. The minimum absolute atomic E-state index is 0.237. The molecular weight excluding hydrogens is 150 g/mol. The number of rotatable bonds is 1. The number of piperidine rings is 1. The van der Waals surface area contributed by atoms with Crippen LogP contribution in [-0.2, 0) is 4.79 Å². The third-order valence-corrected chi connectivity index (χ3v) is 2.96. The van der Waals surface area contributed by atoms with E-state index in [1.165, 1.54) is 19.3 Å². The highest BCUT2D eigenvalue weighted by atomic mass is 16.2. The van der Waals surface area contributed by atoms with Gasteiger partial charge in [0.05, 0.1) is 0 Å². The molecule has 1 heterocycles. The first-order chi connectivity index (χ1) is 5.65. The van der Waals surface area contributed by atoms with Crippen LogP contribution in [0.1, 0.15) is 40.0 Å². The number of hydrogen-bond donors (Lipinski definition) is 0. The van der Waals surface area contributed by atoms with Crippen molar-refractivity contribution in [1.82, 2.24) is 4.90 Å². The quantitative estimate of drug-likeness (QED) is 0.588. The van der Waals surface area contributed by atoms with Crippen LogP contribution in [-0.4, -0.2) is 23.4 Å². The first kappa shape index (κ1) is 9.56. The van der Waals surface area contributed by atoms with Gasteiger partial charge in [-0.05, 0) is 25.7 Å². The molecule has 0 aromatic heterocycles. The maximum absolute atomic E-state index is 11.2. The third-order valence-electron chi connectivity index (χ3n) is 2.96. The van der Waals surface area contributed by atoms with Crippen LogP contribution in [0.4, 0.5) is 0 Å². The van der Waals surface area contributed by atoms with E-state index < -0.39 is 0 Å². The summed E-state index contributed by atoms with van der Waals surface area (Å²) in [6.07, 6.45) is 3.68. The summed E-state index contributed by atoms with van der Waals surface area (Å²) in [6.45, 7) is 7.01. The average Bonchev–Trinajstić information content (AvgIpc) is 2.05. The normalized spacial score (nSPS) is 30.4. The molecule has 0 aliphatic carbocycles. The number of carbonyl (C=O) groups is 1. The molecule has 1 fully saturated rings. The van der Waals surface area contributed by atoms with Gasteiger partial charge < -0.3 is 4.90 Å². The summed E-state index contributed by atoms with van der Waals surface area (Å²) in [5.41, 5.74) is 0. The smallest absolute Gasteiger partial charge is 0.219 e. The van der Waals surface area contributed by atoms with Gasteiger partial charge in [-0.3, -0.25) is 4.79 Å². The summed E-state index contributed by atoms with van der Waals surface area (Å²) < 4.78 is 0. The zero-order valence-electron chi connectivity index (χ0n) is 8.34. The Morgan fingerprint density at radius 3 is 2.67 bits per heavy atom. The Balaban J connectivity index is 2.53. The molecule has 1 amide bonds. The Labute approximate surface area is 74.9 Å². The lowest BCUT2D eigenvalue weighted by atomic mass is 9.91. The van der Waals surface area contributed by atoms with E-state index in [0.717, 1.165) is 12.5 Å². The summed E-state index contributed by atoms with van der Waals surface area (Å²) in [7, 11) is 0. The molecule has 0 aromatic rings. The molecule has 1 saturated heterocycles. The summed E-state index contributed by atoms with van der Waals surface area (Å²) >= 11 is 0. The molecule has 0 N–H and O–H groups in total. The summed E-state index contributed by atoms with van der Waals surface area (Å²) in [5, 5.41) is 0. The topological polar surface area (TPSA) is 20.3 Å². The second-order valence-corrected chi connectivity index (χ2v) is 3.87. The Hall–Kier alpha value is -0.530. The fraction of sp³-hybridized carbons (Fsp3) is 0.900. The molecule has 0 spiro atoms. The minimum atomic E-state index is 0.237. The number of likely N-dealkylation sites (tertiary alicyclic amines) is 1. The van der Waals surface area contributed by atoms with Gasteiger partial charge in [-0.25, -0.2) is 0 Å². The summed E-state index contributed by atoms with van der Waals surface area (Å²) in [5.74, 6) is 0.978. The van der Waals surface area contributed by atoms with E-state index in [9.17, 15) is 4.79 Å². The van der Waals surface area contributed by atoms with E-state index in [1.54, 1.807) is 6.92 Å². The van der Waals surface area contributed by atoms with Crippen molar-refractivity contribution in [1.29, 1.82) is 0 Å². The molecule has 0 saturated carbocycles. The van der Waals surface area contributed by atoms with E-state index in [4.69, 9.17) is 0 Å². The monoisotopic (exact) mass is 169 g/mol. The van der Waals surface area contributed by atoms with E-state index in [0.29, 0.717) is 6.04 Å². The molecule has 1 rings (SSSR count). The van der Waals surface area contributed by atoms with Gasteiger partial charge in [-0.15, -0.1) is 0 Å². The maximum Gasteiger partial charge on any atom is 0.219 e. The van der Waals surface area contributed by atoms with Crippen LogP contribution in [0.25, 0.3) is 0 Å². The molecule has 0 unspecified atom stereocenters. The molecule has 1 aliphatic heterocycles. The summed E-state index contributed by atoms with van der Waals surface area (Å²) in [4.78, 5) is 13.2. The van der Waals surface area contributed by atoms with Crippen molar-refractivity contribution >= 4 is 5.91 Å². The van der Waals surface area contributed by atoms with Gasteiger partial charge in [0.15, 0.2) is 0 Å². The number of amides is 1. The van der Waals surface area contributed by atoms with Crippen molar-refractivity contribution in [2.24, 2.45) is 5.92 Å². The Kier molecular flexibility index (Phi) is 3.12. The molecule has 12 heavy (non-hydrogen) atoms. The molecular formula is C10H19NO. The van der Waals surface area contributed by atoms with Gasteiger partial charge in [0, 0.05) is 19.5 Å². The van der Waals surface area contributed by atoms with Crippen LogP contribution in [0, 0.1) is 5.92 Å². The van der Waals surface area contributed by atoms with Crippen LogP contribution in [0.5, 0.6) is 0 Å². The highest BCUT2D eigenvalue weighted by Gasteiger charge is 2.25. The van der Waals surface area contributed by atoms with Gasteiger partial charge in [0.25, 0.3) is 0 Å². The van der Waals surface area contributed by atoms with Crippen molar-refractivity contribution in [3.8, 4) is 0 Å². The first-order valence-corrected chi connectivity index (χ1v) is 4.92. The number of carbonyl (C=O) groups excluding carboxylic acids is 1. The molecule has 0 bridgehead atoms. The van der Waals surface area contributed by atoms with Crippen molar-refractivity contribution < 1.29 is 4.79 Å². The lowest BCUT2D eigenvalue weighted by Crippen LogP contribution is -2.44. The van der Waals surface area contributed by atoms with Crippen LogP contribution < -0.4 is 0 Å². The second kappa shape index (κ2) is 3.92. The largest absolute Gasteiger partial charge is 0.340 e. The predicted molar refractivity (Wildman–Crippen MR) is 49.9 cm³/mol. The molecule has 0 aromatic carbocycles. The minimum Gasteiger partial charge on any atom is -0.340 e. The standard InChI is InChI=1S/C10H19NO/c1-4-10-6-5-8(2)11(7-10)9(3)12/h8,10H,4-7H2,1-3H3/t8-,10+/m1/s1. The van der Waals surface area contributed by atoms with Crippen LogP contribution in [0.2, 0.25) is 0 Å². The second-order valence-electron chi connectivity index (χ2n) is 3.87. The SMILES string of the molecule is CC[C@H]1CC[C@@H](C)N(C(C)=O)C1. The van der Waals surface area contributed by atoms with Gasteiger partial charge >= 0.3 is 0 Å². The average molecular weight is 169 g/mol. The third kappa shape index (κ3) is 1.99. The molecule has 2 nitrogen and oxygen atoms in total. The van der Waals surface area contributed by atoms with Crippen LogP contribution >= 0.6 is 0 Å². The Morgan fingerprint density at radius 1 is 1.50 bits per heavy atom. The highest BCUT2D eigenvalue weighted by Crippen LogP contribution is 2.23. The van der Waals surface area contributed by atoms with Crippen LogP contribution in [0.15, 0.2) is 0 Å². The zero-order chi connectivity index (χ0) is 9.14. The first-order valence-electron chi connectivity index (χ1n) is 4.92. The highest BCUT2D eigenvalue weighted by molar-refractivity contribution is 5.73. The molecule has 2 heteroatoms. The Morgan fingerprint density at radius 2 is 2.17 bits per heavy atom. The van der Waals surface area contributed by atoms with Gasteiger partial charge in [-0.2, -0.15) is 0 Å². The van der Waals surface area contributed by atoms with E-state index >= 15 is 0 Å². The van der Waals surface area contributed by atoms with E-state index in [-0.39, 0.29) is 5.91 Å². The molecule has 0 radical (unpaired) electrons. The predicted octanol–water partition coefficient (Wildman–Crippen LogP) is 2.04. The van der Waals surface area contributed by atoms with Gasteiger partial charge in [0.2, 0.25) is 5.91 Å². The number of hydrogen-bond acceptors (Lipinski definition) is 1. The molecule has 70 valence electrons. The number of nitrogens with zero attached hydrogens (tertiary/aromatic N) is 1. The van der Waals surface area contributed by atoms with E-state index in [2.05, 4.69) is 13.8 Å². The molecule has 2 atom stereocenters. The van der Waals surface area contributed by atoms with Gasteiger partial charge in [-0.1, -0.05) is 13.3 Å². The van der Waals surface area contributed by atoms with Crippen molar-refractivity contribution in [2.75, 3.05) is 6.54 Å². The van der Waals surface area contributed by atoms with Crippen molar-refractivity contribution in [3.63, 3.8) is 0 Å². The lowest BCUT2D eigenvalue weighted by Gasteiger charge is -2.37. The fourth-order valence-electron chi connectivity index (χ4n) is 1.95. The zero-order valence-corrected chi connectivity index (χ0v) is 8.34. The Bertz CT molecular complexity index is 167. The van der Waals surface area contributed by atoms with Crippen LogP contribution in [0.3, 0.4) is 0 Å². The lowest BCUT2D eigenvalue weighted by molar-refractivity contribution is -0.133. The summed E-state index contributed by atoms with van der Waals surface area (Å²) in [6, 6.07) is 0.463. The fourth-order valence-corrected chi connectivity index (χ4v) is 1.95. The van der Waals surface area contributed by atoms with Crippen molar-refractivity contribution in [2.45, 2.75) is 46.1 Å². The van der Waals surface area contributed by atoms with Gasteiger partial charge in [0.1, 0.15) is 0 Å². The van der Waals surface area contributed by atoms with E-state index in [1.807, 2.05) is 4.90 Å². The maximum atomic E-state index is 11.2. The van der Waals surface area contributed by atoms with Crippen molar-refractivity contribution in [3.05, 3.63) is 0 Å².